The van der Waals surface area contributed by atoms with Crippen molar-refractivity contribution in [2.75, 3.05) is 0 Å². The van der Waals surface area contributed by atoms with Gasteiger partial charge in [0.2, 0.25) is 0 Å². The zero-order valence-electron chi connectivity index (χ0n) is 8.95. The van der Waals surface area contributed by atoms with E-state index in [-0.39, 0.29) is 0 Å². The van der Waals surface area contributed by atoms with Gasteiger partial charge >= 0.3 is 0 Å². The average molecular weight is 242 g/mol. The summed E-state index contributed by atoms with van der Waals surface area (Å²) in [5, 5.41) is 12.3. The summed E-state index contributed by atoms with van der Waals surface area (Å²) < 4.78 is 0. The van der Waals surface area contributed by atoms with Crippen LogP contribution in [-0.4, -0.2) is 15.1 Å². The van der Waals surface area contributed by atoms with E-state index < -0.39 is 6.10 Å². The lowest BCUT2D eigenvalue weighted by Gasteiger charge is -2.10. The minimum absolute atomic E-state index is 0.629. The number of hydrogen-bond acceptors (Lipinski definition) is 4. The van der Waals surface area contributed by atoms with Crippen molar-refractivity contribution in [2.24, 2.45) is 0 Å². The lowest BCUT2D eigenvalue weighted by molar-refractivity contribution is 0.225. The SMILES string of the molecule is OC(c1cccs1)c1cccc2nccnc12. The van der Waals surface area contributed by atoms with Gasteiger partial charge in [-0.25, -0.2) is 0 Å². The Balaban J connectivity index is 2.17. The Morgan fingerprint density at radius 1 is 1.06 bits per heavy atom. The van der Waals surface area contributed by atoms with Gasteiger partial charge in [0.05, 0.1) is 11.0 Å². The van der Waals surface area contributed by atoms with Crippen LogP contribution in [0.5, 0.6) is 0 Å². The standard InChI is InChI=1S/C13H10N2OS/c16-13(11-5-2-8-17-11)9-3-1-4-10-12(9)15-7-6-14-10/h1-8,13,16H. The largest absolute Gasteiger partial charge is 0.383 e. The second kappa shape index (κ2) is 4.24. The Bertz CT molecular complexity index is 631. The van der Waals surface area contributed by atoms with Gasteiger partial charge in [-0.3, -0.25) is 9.97 Å². The third-order valence-electron chi connectivity index (χ3n) is 2.64. The Kier molecular flexibility index (Phi) is 2.59. The fraction of sp³-hybridized carbons (Fsp3) is 0.0769. The van der Waals surface area contributed by atoms with Crippen molar-refractivity contribution in [3.05, 3.63) is 58.5 Å². The number of aliphatic hydroxyl groups is 1. The molecule has 17 heavy (non-hydrogen) atoms. The number of aromatic nitrogens is 2. The van der Waals surface area contributed by atoms with E-state index in [0.717, 1.165) is 21.5 Å². The summed E-state index contributed by atoms with van der Waals surface area (Å²) in [5.41, 5.74) is 2.37. The number of fused-ring (bicyclic) bond motifs is 1. The first-order valence-electron chi connectivity index (χ1n) is 5.27. The molecule has 1 atom stereocenters. The molecule has 3 nitrogen and oxygen atoms in total. The lowest BCUT2D eigenvalue weighted by Crippen LogP contribution is -1.99. The van der Waals surface area contributed by atoms with E-state index in [1.54, 1.807) is 12.4 Å². The molecule has 84 valence electrons. The molecule has 0 aliphatic heterocycles. The third kappa shape index (κ3) is 1.81. The Hall–Kier alpha value is -1.78. The van der Waals surface area contributed by atoms with E-state index in [0.29, 0.717) is 0 Å². The van der Waals surface area contributed by atoms with Gasteiger partial charge in [0, 0.05) is 22.8 Å². The van der Waals surface area contributed by atoms with Crippen molar-refractivity contribution < 1.29 is 5.11 Å². The fourth-order valence-electron chi connectivity index (χ4n) is 1.84. The smallest absolute Gasteiger partial charge is 0.115 e. The maximum Gasteiger partial charge on any atom is 0.115 e. The quantitative estimate of drug-likeness (QED) is 0.751. The van der Waals surface area contributed by atoms with Crippen LogP contribution in [0.4, 0.5) is 0 Å². The van der Waals surface area contributed by atoms with Gasteiger partial charge in [0.25, 0.3) is 0 Å². The first-order valence-corrected chi connectivity index (χ1v) is 6.15. The topological polar surface area (TPSA) is 46.0 Å². The fourth-order valence-corrected chi connectivity index (χ4v) is 2.56. The predicted octanol–water partition coefficient (Wildman–Crippen LogP) is 2.77. The molecular weight excluding hydrogens is 232 g/mol. The Morgan fingerprint density at radius 2 is 1.94 bits per heavy atom. The molecule has 1 unspecified atom stereocenters. The van der Waals surface area contributed by atoms with E-state index in [4.69, 9.17) is 0 Å². The summed E-state index contributed by atoms with van der Waals surface area (Å²) in [5.74, 6) is 0. The van der Waals surface area contributed by atoms with Crippen LogP contribution in [0.25, 0.3) is 11.0 Å². The number of thiophene rings is 1. The van der Waals surface area contributed by atoms with Crippen LogP contribution < -0.4 is 0 Å². The number of nitrogens with zero attached hydrogens (tertiary/aromatic N) is 2. The molecule has 4 heteroatoms. The van der Waals surface area contributed by atoms with Crippen molar-refractivity contribution >= 4 is 22.4 Å². The first kappa shape index (κ1) is 10.4. The number of aliphatic hydroxyl groups excluding tert-OH is 1. The van der Waals surface area contributed by atoms with Crippen molar-refractivity contribution in [1.29, 1.82) is 0 Å². The molecule has 0 amide bonds. The Labute approximate surface area is 102 Å². The van der Waals surface area contributed by atoms with E-state index in [9.17, 15) is 5.11 Å². The van der Waals surface area contributed by atoms with E-state index in [2.05, 4.69) is 9.97 Å². The monoisotopic (exact) mass is 242 g/mol. The van der Waals surface area contributed by atoms with Crippen LogP contribution in [0.1, 0.15) is 16.5 Å². The second-order valence-corrected chi connectivity index (χ2v) is 4.67. The summed E-state index contributed by atoms with van der Waals surface area (Å²) in [4.78, 5) is 9.45. The predicted molar refractivity (Wildman–Crippen MR) is 67.9 cm³/mol. The van der Waals surface area contributed by atoms with Crippen molar-refractivity contribution in [1.82, 2.24) is 9.97 Å². The third-order valence-corrected chi connectivity index (χ3v) is 3.56. The van der Waals surface area contributed by atoms with Gasteiger partial charge in [-0.15, -0.1) is 11.3 Å². The van der Waals surface area contributed by atoms with Gasteiger partial charge in [-0.1, -0.05) is 18.2 Å². The zero-order chi connectivity index (χ0) is 11.7. The number of rotatable bonds is 2. The highest BCUT2D eigenvalue weighted by atomic mass is 32.1. The molecule has 1 N–H and O–H groups in total. The van der Waals surface area contributed by atoms with Crippen molar-refractivity contribution in [2.45, 2.75) is 6.10 Å². The van der Waals surface area contributed by atoms with Crippen LogP contribution in [-0.2, 0) is 0 Å². The van der Waals surface area contributed by atoms with Crippen molar-refractivity contribution in [3.8, 4) is 0 Å². The number of para-hydroxylation sites is 1. The highest BCUT2D eigenvalue weighted by molar-refractivity contribution is 7.10. The number of hydrogen-bond donors (Lipinski definition) is 1. The molecule has 0 saturated heterocycles. The molecule has 2 aromatic heterocycles. The maximum absolute atomic E-state index is 10.3. The second-order valence-electron chi connectivity index (χ2n) is 3.69. The van der Waals surface area contributed by atoms with Crippen LogP contribution in [0.3, 0.4) is 0 Å². The normalized spacial score (nSPS) is 12.8. The summed E-state index contributed by atoms with van der Waals surface area (Å²) in [6, 6.07) is 9.53. The van der Waals surface area contributed by atoms with Crippen molar-refractivity contribution in [3.63, 3.8) is 0 Å². The molecule has 0 spiro atoms. The van der Waals surface area contributed by atoms with Gasteiger partial charge in [0.15, 0.2) is 0 Å². The van der Waals surface area contributed by atoms with E-state index in [1.165, 1.54) is 11.3 Å². The number of benzene rings is 1. The molecule has 0 radical (unpaired) electrons. The molecule has 1 aromatic carbocycles. The molecule has 3 rings (SSSR count). The van der Waals surface area contributed by atoms with Gasteiger partial charge in [0.1, 0.15) is 6.10 Å². The van der Waals surface area contributed by atoms with E-state index >= 15 is 0 Å². The molecule has 0 fully saturated rings. The molecule has 0 saturated carbocycles. The first-order chi connectivity index (χ1) is 8.36. The molecular formula is C13H10N2OS. The van der Waals surface area contributed by atoms with E-state index in [1.807, 2.05) is 35.7 Å². The minimum Gasteiger partial charge on any atom is -0.383 e. The molecule has 3 aromatic rings. The Morgan fingerprint density at radius 3 is 2.76 bits per heavy atom. The van der Waals surface area contributed by atoms with Crippen LogP contribution in [0.2, 0.25) is 0 Å². The summed E-state index contributed by atoms with van der Waals surface area (Å²) >= 11 is 1.54. The highest BCUT2D eigenvalue weighted by Crippen LogP contribution is 2.29. The minimum atomic E-state index is -0.629. The van der Waals surface area contributed by atoms with Crippen LogP contribution in [0.15, 0.2) is 48.1 Å². The molecule has 0 bridgehead atoms. The molecule has 0 aliphatic rings. The van der Waals surface area contributed by atoms with Gasteiger partial charge < -0.3 is 5.11 Å². The summed E-state index contributed by atoms with van der Waals surface area (Å²) in [6.45, 7) is 0. The maximum atomic E-state index is 10.3. The average Bonchev–Trinajstić information content (AvgIpc) is 2.91. The lowest BCUT2D eigenvalue weighted by atomic mass is 10.1. The van der Waals surface area contributed by atoms with Crippen LogP contribution >= 0.6 is 11.3 Å². The molecule has 0 aliphatic carbocycles. The van der Waals surface area contributed by atoms with Gasteiger partial charge in [-0.2, -0.15) is 0 Å². The van der Waals surface area contributed by atoms with Crippen LogP contribution in [0, 0.1) is 0 Å². The summed E-state index contributed by atoms with van der Waals surface area (Å²) in [7, 11) is 0. The van der Waals surface area contributed by atoms with Gasteiger partial charge in [-0.05, 0) is 17.5 Å². The highest BCUT2D eigenvalue weighted by Gasteiger charge is 2.15. The zero-order valence-corrected chi connectivity index (χ0v) is 9.76. The summed E-state index contributed by atoms with van der Waals surface area (Å²) in [6.07, 6.45) is 2.67. The molecule has 2 heterocycles.